The van der Waals surface area contributed by atoms with Crippen molar-refractivity contribution < 1.29 is 9.59 Å². The van der Waals surface area contributed by atoms with E-state index in [1.807, 2.05) is 20.8 Å². The van der Waals surface area contributed by atoms with Crippen molar-refractivity contribution >= 4 is 22.6 Å². The number of carbonyl (C=O) groups is 2. The van der Waals surface area contributed by atoms with E-state index in [-0.39, 0.29) is 16.8 Å². The van der Waals surface area contributed by atoms with Gasteiger partial charge in [0.15, 0.2) is 5.69 Å². The minimum absolute atomic E-state index is 0.0809. The molecule has 0 spiro atoms. The van der Waals surface area contributed by atoms with Crippen molar-refractivity contribution in [2.45, 2.75) is 59.0 Å². The molecule has 9 heteroatoms. The molecule has 0 saturated carbocycles. The van der Waals surface area contributed by atoms with Gasteiger partial charge < -0.3 is 0 Å². The lowest BCUT2D eigenvalue weighted by Crippen LogP contribution is -2.42. The zero-order valence-corrected chi connectivity index (χ0v) is 18.3. The Kier molecular flexibility index (Phi) is 6.53. The van der Waals surface area contributed by atoms with Gasteiger partial charge in [0, 0.05) is 18.1 Å². The fraction of sp³-hybridized carbons (Fsp3) is 0.409. The summed E-state index contributed by atoms with van der Waals surface area (Å²) in [7, 11) is 0. The van der Waals surface area contributed by atoms with Crippen LogP contribution in [0, 0.1) is 0 Å². The van der Waals surface area contributed by atoms with Crippen molar-refractivity contribution in [3.63, 3.8) is 0 Å². The van der Waals surface area contributed by atoms with E-state index in [4.69, 9.17) is 0 Å². The Bertz CT molecular complexity index is 1160. The largest absolute Gasteiger partial charge is 0.290 e. The summed E-state index contributed by atoms with van der Waals surface area (Å²) in [5.74, 6) is -1.10. The molecule has 0 bridgehead atoms. The van der Waals surface area contributed by atoms with Crippen molar-refractivity contribution in [1.82, 2.24) is 30.4 Å². The molecule has 1 aromatic carbocycles. The molecule has 0 atom stereocenters. The van der Waals surface area contributed by atoms with E-state index >= 15 is 0 Å². The third kappa shape index (κ3) is 4.99. The minimum atomic E-state index is -0.600. The molecule has 0 unspecified atom stereocenters. The lowest BCUT2D eigenvalue weighted by molar-refractivity contribution is 0.0843. The Morgan fingerprint density at radius 1 is 1.03 bits per heavy atom. The fourth-order valence-corrected chi connectivity index (χ4v) is 3.12. The van der Waals surface area contributed by atoms with Crippen molar-refractivity contribution in [2.75, 3.05) is 0 Å². The van der Waals surface area contributed by atoms with Crippen LogP contribution in [0.4, 0.5) is 0 Å². The number of aromatic nitrogens is 4. The highest BCUT2D eigenvalue weighted by atomic mass is 16.2. The highest BCUT2D eigenvalue weighted by molar-refractivity contribution is 6.05. The number of hydrogen-bond donors (Lipinski definition) is 2. The number of hydrogen-bond acceptors (Lipinski definition) is 5. The van der Waals surface area contributed by atoms with Crippen molar-refractivity contribution in [2.24, 2.45) is 0 Å². The molecule has 2 N–H and O–H groups in total. The van der Waals surface area contributed by atoms with Gasteiger partial charge in [-0.15, -0.1) is 0 Å². The molecule has 9 nitrogen and oxygen atoms in total. The zero-order valence-electron chi connectivity index (χ0n) is 18.3. The van der Waals surface area contributed by atoms with Gasteiger partial charge in [-0.2, -0.15) is 10.2 Å². The SMILES string of the molecule is CCCCCn1nc(C(=O)NNC(=O)c2cnn(C(C)(C)C)c2)c2ccccc2c1=O. The Morgan fingerprint density at radius 3 is 2.35 bits per heavy atom. The minimum Gasteiger partial charge on any atom is -0.267 e. The Labute approximate surface area is 180 Å². The van der Waals surface area contributed by atoms with Crippen LogP contribution >= 0.6 is 0 Å². The van der Waals surface area contributed by atoms with E-state index < -0.39 is 11.8 Å². The van der Waals surface area contributed by atoms with Crippen LogP contribution in [0.5, 0.6) is 0 Å². The van der Waals surface area contributed by atoms with Gasteiger partial charge >= 0.3 is 0 Å². The maximum absolute atomic E-state index is 12.8. The topological polar surface area (TPSA) is 111 Å². The van der Waals surface area contributed by atoms with Crippen LogP contribution in [-0.2, 0) is 12.1 Å². The van der Waals surface area contributed by atoms with Crippen LogP contribution in [0.2, 0.25) is 0 Å². The first kappa shape index (κ1) is 22.2. The molecule has 2 aromatic heterocycles. The number of rotatable bonds is 6. The van der Waals surface area contributed by atoms with Crippen LogP contribution in [0.3, 0.4) is 0 Å². The number of benzene rings is 1. The van der Waals surface area contributed by atoms with Gasteiger partial charge in [0.25, 0.3) is 17.4 Å². The molecule has 31 heavy (non-hydrogen) atoms. The summed E-state index contributed by atoms with van der Waals surface area (Å²) in [5, 5.41) is 9.32. The number of carbonyl (C=O) groups excluding carboxylic acids is 2. The lowest BCUT2D eigenvalue weighted by Gasteiger charge is -2.18. The third-order valence-electron chi connectivity index (χ3n) is 4.88. The van der Waals surface area contributed by atoms with E-state index in [2.05, 4.69) is 28.0 Å². The maximum Gasteiger partial charge on any atom is 0.290 e. The van der Waals surface area contributed by atoms with Crippen LogP contribution in [-0.4, -0.2) is 31.4 Å². The zero-order chi connectivity index (χ0) is 22.6. The number of nitrogens with zero attached hydrogens (tertiary/aromatic N) is 4. The van der Waals surface area contributed by atoms with Gasteiger partial charge in [0.05, 0.1) is 22.7 Å². The Hall–Kier alpha value is -3.49. The monoisotopic (exact) mass is 424 g/mol. The number of nitrogens with one attached hydrogen (secondary N) is 2. The number of fused-ring (bicyclic) bond motifs is 1. The average Bonchev–Trinajstić information content (AvgIpc) is 3.25. The van der Waals surface area contributed by atoms with Crippen molar-refractivity contribution in [3.8, 4) is 0 Å². The molecule has 3 aromatic rings. The normalized spacial score (nSPS) is 11.5. The van der Waals surface area contributed by atoms with Gasteiger partial charge in [0.2, 0.25) is 0 Å². The molecule has 0 aliphatic heterocycles. The smallest absolute Gasteiger partial charge is 0.267 e. The molecule has 0 fully saturated rings. The van der Waals surface area contributed by atoms with Crippen LogP contribution < -0.4 is 16.4 Å². The summed E-state index contributed by atoms with van der Waals surface area (Å²) in [4.78, 5) is 38.0. The molecular formula is C22H28N6O3. The van der Waals surface area contributed by atoms with Crippen LogP contribution in [0.1, 0.15) is 67.8 Å². The predicted octanol–water partition coefficient (Wildman–Crippen LogP) is 2.61. The summed E-state index contributed by atoms with van der Waals surface area (Å²) < 4.78 is 2.99. The quantitative estimate of drug-likeness (QED) is 0.467. The standard InChI is InChI=1S/C22H28N6O3/c1-5-6-9-12-27-21(31)17-11-8-7-10-16(17)18(26-27)20(30)25-24-19(29)15-13-23-28(14-15)22(2,3)4/h7-8,10-11,13-14H,5-6,9,12H2,1-4H3,(H,24,29)(H,25,30). The van der Waals surface area contributed by atoms with Gasteiger partial charge in [0.1, 0.15) is 0 Å². The van der Waals surface area contributed by atoms with Gasteiger partial charge in [-0.1, -0.05) is 38.0 Å². The average molecular weight is 425 g/mol. The van der Waals surface area contributed by atoms with Crippen LogP contribution in [0.15, 0.2) is 41.5 Å². The summed E-state index contributed by atoms with van der Waals surface area (Å²) in [6, 6.07) is 6.83. The second kappa shape index (κ2) is 9.11. The highest BCUT2D eigenvalue weighted by Crippen LogP contribution is 2.14. The second-order valence-electron chi connectivity index (χ2n) is 8.38. The van der Waals surface area contributed by atoms with Gasteiger partial charge in [-0.25, -0.2) is 4.68 Å². The number of amides is 2. The van der Waals surface area contributed by atoms with Crippen molar-refractivity contribution in [3.05, 3.63) is 58.3 Å². The second-order valence-corrected chi connectivity index (χ2v) is 8.38. The first-order valence-electron chi connectivity index (χ1n) is 10.4. The highest BCUT2D eigenvalue weighted by Gasteiger charge is 2.19. The Morgan fingerprint density at radius 2 is 1.71 bits per heavy atom. The molecule has 164 valence electrons. The number of unbranched alkanes of at least 4 members (excludes halogenated alkanes) is 2. The fourth-order valence-electron chi connectivity index (χ4n) is 3.12. The summed E-state index contributed by atoms with van der Waals surface area (Å²) in [6.07, 6.45) is 5.81. The molecule has 3 rings (SSSR count). The van der Waals surface area contributed by atoms with E-state index in [1.54, 1.807) is 35.1 Å². The Balaban J connectivity index is 1.81. The molecule has 0 aliphatic carbocycles. The molecule has 2 amide bonds. The van der Waals surface area contributed by atoms with Gasteiger partial charge in [-0.05, 0) is 33.3 Å². The molecule has 2 heterocycles. The first-order valence-corrected chi connectivity index (χ1v) is 10.4. The summed E-state index contributed by atoms with van der Waals surface area (Å²) in [5.41, 5.74) is 4.69. The molecule has 0 radical (unpaired) electrons. The van der Waals surface area contributed by atoms with Crippen LogP contribution in [0.25, 0.3) is 10.8 Å². The van der Waals surface area contributed by atoms with E-state index in [9.17, 15) is 14.4 Å². The lowest BCUT2D eigenvalue weighted by atomic mass is 10.1. The van der Waals surface area contributed by atoms with Crippen molar-refractivity contribution in [1.29, 1.82) is 0 Å². The maximum atomic E-state index is 12.8. The van der Waals surface area contributed by atoms with E-state index in [1.165, 1.54) is 10.9 Å². The molecule has 0 aliphatic rings. The molecular weight excluding hydrogens is 396 g/mol. The van der Waals surface area contributed by atoms with E-state index in [0.717, 1.165) is 19.3 Å². The summed E-state index contributed by atoms with van der Waals surface area (Å²) in [6.45, 7) is 8.40. The number of aryl methyl sites for hydroxylation is 1. The first-order chi connectivity index (χ1) is 14.7. The predicted molar refractivity (Wildman–Crippen MR) is 118 cm³/mol. The van der Waals surface area contributed by atoms with Gasteiger partial charge in [-0.3, -0.25) is 29.9 Å². The summed E-state index contributed by atoms with van der Waals surface area (Å²) >= 11 is 0. The molecule has 0 saturated heterocycles. The third-order valence-corrected chi connectivity index (χ3v) is 4.88. The van der Waals surface area contributed by atoms with E-state index in [0.29, 0.717) is 22.9 Å². The number of hydrazine groups is 1.